The zero-order valence-electron chi connectivity index (χ0n) is 8.49. The molecule has 2 aliphatic rings. The minimum absolute atomic E-state index is 0.0375. The molecular weight excluding hydrogens is 198 g/mol. The Balaban J connectivity index is 1.90. The lowest BCUT2D eigenvalue weighted by atomic mass is 10.2. The van der Waals surface area contributed by atoms with E-state index >= 15 is 0 Å². The van der Waals surface area contributed by atoms with Crippen LogP contribution >= 0.6 is 0 Å². The van der Waals surface area contributed by atoms with Gasteiger partial charge in [0.2, 0.25) is 11.8 Å². The van der Waals surface area contributed by atoms with Crippen molar-refractivity contribution in [3.8, 4) is 0 Å². The topological polar surface area (TPSA) is 70.7 Å². The molecule has 2 saturated heterocycles. The van der Waals surface area contributed by atoms with Gasteiger partial charge in [-0.2, -0.15) is 0 Å². The number of piperazine rings is 1. The smallest absolute Gasteiger partial charge is 0.242 e. The summed E-state index contributed by atoms with van der Waals surface area (Å²) in [6.45, 7) is 3.02. The first-order chi connectivity index (χ1) is 7.27. The highest BCUT2D eigenvalue weighted by atomic mass is 16.5. The van der Waals surface area contributed by atoms with Crippen LogP contribution in [-0.4, -0.2) is 62.1 Å². The van der Waals surface area contributed by atoms with Crippen LogP contribution in [-0.2, 0) is 14.3 Å². The zero-order valence-corrected chi connectivity index (χ0v) is 8.49. The molecule has 84 valence electrons. The predicted octanol–water partition coefficient (Wildman–Crippen LogP) is -2.07. The molecule has 15 heavy (non-hydrogen) atoms. The molecule has 2 rings (SSSR count). The lowest BCUT2D eigenvalue weighted by Gasteiger charge is -2.32. The highest BCUT2D eigenvalue weighted by Crippen LogP contribution is 2.01. The van der Waals surface area contributed by atoms with Gasteiger partial charge in [-0.05, 0) is 0 Å². The molecule has 2 N–H and O–H groups in total. The van der Waals surface area contributed by atoms with Crippen LogP contribution in [0.15, 0.2) is 0 Å². The maximum absolute atomic E-state index is 11.9. The fourth-order valence-corrected chi connectivity index (χ4v) is 1.77. The van der Waals surface area contributed by atoms with E-state index in [1.807, 2.05) is 0 Å². The molecule has 1 atom stereocenters. The zero-order chi connectivity index (χ0) is 10.7. The molecule has 2 fully saturated rings. The van der Waals surface area contributed by atoms with E-state index in [0.29, 0.717) is 32.8 Å². The molecule has 0 spiro atoms. The summed E-state index contributed by atoms with van der Waals surface area (Å²) in [5, 5.41) is 5.77. The van der Waals surface area contributed by atoms with Gasteiger partial charge in [-0.25, -0.2) is 0 Å². The number of ether oxygens (including phenoxy) is 1. The van der Waals surface area contributed by atoms with Crippen LogP contribution in [0.3, 0.4) is 0 Å². The van der Waals surface area contributed by atoms with E-state index in [4.69, 9.17) is 4.74 Å². The van der Waals surface area contributed by atoms with Gasteiger partial charge in [0.05, 0.1) is 19.8 Å². The Morgan fingerprint density at radius 2 is 2.33 bits per heavy atom. The summed E-state index contributed by atoms with van der Waals surface area (Å²) in [6.07, 6.45) is 0. The lowest BCUT2D eigenvalue weighted by Crippen LogP contribution is -2.57. The number of carbonyl (C=O) groups excluding carboxylic acids is 2. The van der Waals surface area contributed by atoms with E-state index in [2.05, 4.69) is 10.6 Å². The molecule has 0 aliphatic carbocycles. The Morgan fingerprint density at radius 3 is 3.00 bits per heavy atom. The molecular formula is C9H15N3O3. The third kappa shape index (κ3) is 2.45. The van der Waals surface area contributed by atoms with Crippen LogP contribution in [0.4, 0.5) is 0 Å². The van der Waals surface area contributed by atoms with Gasteiger partial charge in [0, 0.05) is 19.6 Å². The molecule has 6 nitrogen and oxygen atoms in total. The van der Waals surface area contributed by atoms with Crippen LogP contribution in [0.25, 0.3) is 0 Å². The van der Waals surface area contributed by atoms with Crippen molar-refractivity contribution >= 4 is 11.8 Å². The van der Waals surface area contributed by atoms with Crippen molar-refractivity contribution in [3.05, 3.63) is 0 Å². The highest BCUT2D eigenvalue weighted by Gasteiger charge is 2.28. The third-order valence-corrected chi connectivity index (χ3v) is 2.57. The first-order valence-corrected chi connectivity index (χ1v) is 5.14. The fraction of sp³-hybridized carbons (Fsp3) is 0.778. The molecule has 0 radical (unpaired) electrons. The van der Waals surface area contributed by atoms with Crippen molar-refractivity contribution in [1.82, 2.24) is 15.5 Å². The quantitative estimate of drug-likeness (QED) is 0.525. The van der Waals surface area contributed by atoms with Gasteiger partial charge in [-0.15, -0.1) is 0 Å². The average molecular weight is 213 g/mol. The molecule has 0 aromatic rings. The first kappa shape index (κ1) is 10.4. The van der Waals surface area contributed by atoms with Crippen molar-refractivity contribution in [2.24, 2.45) is 0 Å². The molecule has 2 amide bonds. The van der Waals surface area contributed by atoms with Crippen molar-refractivity contribution in [2.45, 2.75) is 6.04 Å². The number of morpholine rings is 1. The van der Waals surface area contributed by atoms with E-state index in [0.717, 1.165) is 0 Å². The summed E-state index contributed by atoms with van der Waals surface area (Å²) >= 11 is 0. The summed E-state index contributed by atoms with van der Waals surface area (Å²) in [5.41, 5.74) is 0. The summed E-state index contributed by atoms with van der Waals surface area (Å²) < 4.78 is 5.21. The van der Waals surface area contributed by atoms with Gasteiger partial charge >= 0.3 is 0 Å². The normalized spacial score (nSPS) is 27.3. The van der Waals surface area contributed by atoms with Gasteiger partial charge in [0.15, 0.2) is 0 Å². The number of rotatable bonds is 1. The van der Waals surface area contributed by atoms with Gasteiger partial charge < -0.3 is 20.3 Å². The second-order valence-electron chi connectivity index (χ2n) is 3.69. The second kappa shape index (κ2) is 4.59. The second-order valence-corrected chi connectivity index (χ2v) is 3.69. The summed E-state index contributed by atoms with van der Waals surface area (Å²) in [6, 6.07) is -0.287. The first-order valence-electron chi connectivity index (χ1n) is 5.14. The Labute approximate surface area is 87.9 Å². The third-order valence-electron chi connectivity index (χ3n) is 2.57. The molecule has 0 aromatic heterocycles. The minimum Gasteiger partial charge on any atom is -0.378 e. The molecule has 2 heterocycles. The highest BCUT2D eigenvalue weighted by molar-refractivity contribution is 5.88. The van der Waals surface area contributed by atoms with Gasteiger partial charge in [0.25, 0.3) is 0 Å². The maximum atomic E-state index is 11.9. The molecule has 0 bridgehead atoms. The number of carbonyl (C=O) groups is 2. The van der Waals surface area contributed by atoms with Crippen LogP contribution in [0.2, 0.25) is 0 Å². The fourth-order valence-electron chi connectivity index (χ4n) is 1.77. The van der Waals surface area contributed by atoms with E-state index < -0.39 is 0 Å². The standard InChI is InChI=1S/C9H15N3O3/c13-8-5-12(3-1-11-8)9(14)7-6-15-4-2-10-7/h7,10H,1-6H2,(H,11,13). The summed E-state index contributed by atoms with van der Waals surface area (Å²) in [4.78, 5) is 24.6. The Hall–Kier alpha value is -1.14. The van der Waals surface area contributed by atoms with Gasteiger partial charge in [-0.3, -0.25) is 9.59 Å². The van der Waals surface area contributed by atoms with Crippen molar-refractivity contribution < 1.29 is 14.3 Å². The Kier molecular flexibility index (Phi) is 3.17. The van der Waals surface area contributed by atoms with E-state index in [1.165, 1.54) is 0 Å². The van der Waals surface area contributed by atoms with Crippen molar-refractivity contribution in [2.75, 3.05) is 39.4 Å². The monoisotopic (exact) mass is 213 g/mol. The van der Waals surface area contributed by atoms with Crippen LogP contribution in [0.5, 0.6) is 0 Å². The van der Waals surface area contributed by atoms with E-state index in [9.17, 15) is 9.59 Å². The SMILES string of the molecule is O=C1CN(C(=O)C2COCCN2)CCN1. The largest absolute Gasteiger partial charge is 0.378 e. The van der Waals surface area contributed by atoms with Crippen LogP contribution in [0.1, 0.15) is 0 Å². The Bertz CT molecular complexity index is 263. The van der Waals surface area contributed by atoms with E-state index in [1.54, 1.807) is 4.90 Å². The minimum atomic E-state index is -0.287. The van der Waals surface area contributed by atoms with Crippen molar-refractivity contribution in [3.63, 3.8) is 0 Å². The molecule has 6 heteroatoms. The number of nitrogens with one attached hydrogen (secondary N) is 2. The summed E-state index contributed by atoms with van der Waals surface area (Å²) in [7, 11) is 0. The molecule has 1 unspecified atom stereocenters. The number of hydrogen-bond acceptors (Lipinski definition) is 4. The Morgan fingerprint density at radius 1 is 1.47 bits per heavy atom. The molecule has 0 saturated carbocycles. The number of nitrogens with zero attached hydrogens (tertiary/aromatic N) is 1. The maximum Gasteiger partial charge on any atom is 0.242 e. The predicted molar refractivity (Wildman–Crippen MR) is 52.2 cm³/mol. The average Bonchev–Trinajstić information content (AvgIpc) is 2.29. The van der Waals surface area contributed by atoms with Crippen LogP contribution < -0.4 is 10.6 Å². The van der Waals surface area contributed by atoms with Gasteiger partial charge in [-0.1, -0.05) is 0 Å². The van der Waals surface area contributed by atoms with E-state index in [-0.39, 0.29) is 24.4 Å². The lowest BCUT2D eigenvalue weighted by molar-refractivity contribution is -0.142. The number of amides is 2. The van der Waals surface area contributed by atoms with Crippen LogP contribution in [0, 0.1) is 0 Å². The van der Waals surface area contributed by atoms with Crippen molar-refractivity contribution in [1.29, 1.82) is 0 Å². The molecule has 2 aliphatic heterocycles. The number of hydrogen-bond donors (Lipinski definition) is 2. The summed E-state index contributed by atoms with van der Waals surface area (Å²) in [5.74, 6) is -0.129. The van der Waals surface area contributed by atoms with Gasteiger partial charge in [0.1, 0.15) is 6.04 Å². The molecule has 0 aromatic carbocycles.